The quantitative estimate of drug-likeness (QED) is 0.378. The number of fused-ring (bicyclic) bond motifs is 5. The van der Waals surface area contributed by atoms with Gasteiger partial charge in [0.25, 0.3) is 0 Å². The molecule has 0 bridgehead atoms. The number of ether oxygens (including phenoxy) is 1. The molecular weight excluding hydrogens is 504 g/mol. The number of carbonyl (C=O) groups is 1. The summed E-state index contributed by atoms with van der Waals surface area (Å²) in [5.41, 5.74) is 0.419. The van der Waals surface area contributed by atoms with Crippen LogP contribution < -0.4 is 4.72 Å². The summed E-state index contributed by atoms with van der Waals surface area (Å²) in [7, 11) is -1.14. The van der Waals surface area contributed by atoms with Gasteiger partial charge >= 0.3 is 16.3 Å². The van der Waals surface area contributed by atoms with Crippen molar-refractivity contribution >= 4 is 16.3 Å². The monoisotopic (exact) mass is 556 g/mol. The molecule has 38 heavy (non-hydrogen) atoms. The second-order valence-electron chi connectivity index (χ2n) is 13.8. The van der Waals surface area contributed by atoms with Crippen LogP contribution in [-0.2, 0) is 14.9 Å². The predicted octanol–water partition coefficient (Wildman–Crippen LogP) is 4.56. The molecule has 1 amide bonds. The first-order valence-electron chi connectivity index (χ1n) is 15.0. The zero-order chi connectivity index (χ0) is 28.0. The molecular formula is C29H52N2O6S. The minimum Gasteiger partial charge on any atom is -0.449 e. The fourth-order valence-corrected chi connectivity index (χ4v) is 10.4. The molecule has 11 atom stereocenters. The summed E-state index contributed by atoms with van der Waals surface area (Å²) in [6, 6.07) is 0. The molecule has 9 heteroatoms. The highest BCUT2D eigenvalue weighted by Gasteiger charge is 2.64. The molecule has 4 rings (SSSR count). The first-order chi connectivity index (χ1) is 17.8. The molecule has 0 aromatic carbocycles. The minimum atomic E-state index is -3.84. The Kier molecular flexibility index (Phi) is 8.84. The van der Waals surface area contributed by atoms with Gasteiger partial charge in [-0.1, -0.05) is 34.1 Å². The van der Waals surface area contributed by atoms with E-state index >= 15 is 0 Å². The molecule has 4 fully saturated rings. The maximum atomic E-state index is 11.9. The topological polar surface area (TPSA) is 116 Å². The van der Waals surface area contributed by atoms with Gasteiger partial charge in [0.1, 0.15) is 0 Å². The summed E-state index contributed by atoms with van der Waals surface area (Å²) in [5.74, 6) is 3.14. The van der Waals surface area contributed by atoms with Crippen molar-refractivity contribution in [1.29, 1.82) is 0 Å². The molecule has 0 aliphatic heterocycles. The molecule has 4 aliphatic carbocycles. The van der Waals surface area contributed by atoms with Crippen LogP contribution in [0.15, 0.2) is 0 Å². The van der Waals surface area contributed by atoms with E-state index in [2.05, 4.69) is 27.7 Å². The van der Waals surface area contributed by atoms with Crippen LogP contribution in [0, 0.1) is 52.3 Å². The van der Waals surface area contributed by atoms with Crippen LogP contribution in [0.5, 0.6) is 0 Å². The molecule has 0 radical (unpaired) electrons. The summed E-state index contributed by atoms with van der Waals surface area (Å²) in [4.78, 5) is 11.9. The van der Waals surface area contributed by atoms with Crippen molar-refractivity contribution < 1.29 is 28.2 Å². The molecule has 4 unspecified atom stereocenters. The SMILES string of the molecule is CC[C@H]1[C@@H](O)C2C3CCC([C@H](C)CCCOC(=O)NS(=O)(=O)N(C)C)[C@@]3(C)CCC2[C@@]2(C)CC[C@@H](O)C[C@@H]12. The van der Waals surface area contributed by atoms with Crippen molar-refractivity contribution in [3.63, 3.8) is 0 Å². The van der Waals surface area contributed by atoms with Gasteiger partial charge in [0.15, 0.2) is 0 Å². The van der Waals surface area contributed by atoms with Crippen molar-refractivity contribution in [2.24, 2.45) is 52.3 Å². The highest BCUT2D eigenvalue weighted by molar-refractivity contribution is 7.87. The first-order valence-corrected chi connectivity index (χ1v) is 16.4. The first kappa shape index (κ1) is 30.1. The van der Waals surface area contributed by atoms with Gasteiger partial charge in [0, 0.05) is 14.1 Å². The molecule has 0 aromatic rings. The standard InChI is InChI=1S/C29H52N2O6S/c1-7-20-24-17-19(32)12-14-29(24,4)23-13-15-28(3)21(10-11-22(28)25(23)26(20)33)18(2)9-8-16-37-27(34)30-38(35,36)31(5)6/h18-26,32-33H,7-17H2,1-6H3,(H,30,34)/t18-,19-,20-,21?,22?,23?,24+,25?,26-,28-,29-/m1/s1. The van der Waals surface area contributed by atoms with Gasteiger partial charge in [-0.2, -0.15) is 12.7 Å². The molecule has 0 aromatic heterocycles. The van der Waals surface area contributed by atoms with Gasteiger partial charge in [-0.3, -0.25) is 0 Å². The van der Waals surface area contributed by atoms with Gasteiger partial charge in [-0.15, -0.1) is 0 Å². The molecule has 220 valence electrons. The number of hydrogen-bond donors (Lipinski definition) is 3. The van der Waals surface area contributed by atoms with Gasteiger partial charge in [0.05, 0.1) is 18.8 Å². The number of rotatable bonds is 8. The molecule has 0 saturated heterocycles. The number of hydrogen-bond acceptors (Lipinski definition) is 6. The Balaban J connectivity index is 1.39. The van der Waals surface area contributed by atoms with Crippen LogP contribution in [-0.4, -0.2) is 61.9 Å². The largest absolute Gasteiger partial charge is 0.449 e. The van der Waals surface area contributed by atoms with Crippen molar-refractivity contribution in [1.82, 2.24) is 9.03 Å². The van der Waals surface area contributed by atoms with E-state index in [0.717, 1.165) is 36.4 Å². The summed E-state index contributed by atoms with van der Waals surface area (Å²) < 4.78 is 31.6. The fourth-order valence-electron chi connectivity index (χ4n) is 9.93. The van der Waals surface area contributed by atoms with Crippen LogP contribution in [0.4, 0.5) is 4.79 Å². The summed E-state index contributed by atoms with van der Waals surface area (Å²) in [6.07, 6.45) is 8.70. The van der Waals surface area contributed by atoms with E-state index in [1.807, 2.05) is 4.72 Å². The Labute approximate surface area is 230 Å². The lowest BCUT2D eigenvalue weighted by Crippen LogP contribution is -2.62. The Morgan fingerprint density at radius 2 is 1.71 bits per heavy atom. The fraction of sp³-hybridized carbons (Fsp3) is 0.966. The zero-order valence-corrected chi connectivity index (χ0v) is 25.2. The van der Waals surface area contributed by atoms with Crippen LogP contribution in [0.1, 0.15) is 91.9 Å². The van der Waals surface area contributed by atoms with Crippen molar-refractivity contribution in [2.45, 2.75) is 104 Å². The van der Waals surface area contributed by atoms with Gasteiger partial charge in [-0.05, 0) is 110 Å². The zero-order valence-electron chi connectivity index (χ0n) is 24.4. The number of aliphatic hydroxyl groups excluding tert-OH is 2. The lowest BCUT2D eigenvalue weighted by atomic mass is 9.41. The third kappa shape index (κ3) is 5.26. The third-order valence-electron chi connectivity index (χ3n) is 11.9. The molecule has 3 N–H and O–H groups in total. The maximum absolute atomic E-state index is 11.9. The minimum absolute atomic E-state index is 0.194. The maximum Gasteiger partial charge on any atom is 0.421 e. The molecule has 8 nitrogen and oxygen atoms in total. The van der Waals surface area contributed by atoms with E-state index in [4.69, 9.17) is 4.74 Å². The van der Waals surface area contributed by atoms with Gasteiger partial charge in [-0.25, -0.2) is 9.52 Å². The van der Waals surface area contributed by atoms with E-state index in [1.54, 1.807) is 0 Å². The number of carbonyl (C=O) groups excluding carboxylic acids is 1. The van der Waals surface area contributed by atoms with Crippen molar-refractivity contribution in [3.05, 3.63) is 0 Å². The normalized spacial score (nSPS) is 43.6. The van der Waals surface area contributed by atoms with E-state index in [9.17, 15) is 23.4 Å². The Morgan fingerprint density at radius 3 is 2.37 bits per heavy atom. The van der Waals surface area contributed by atoms with E-state index in [1.165, 1.54) is 39.8 Å². The number of amides is 1. The Morgan fingerprint density at radius 1 is 1.05 bits per heavy atom. The van der Waals surface area contributed by atoms with Crippen molar-refractivity contribution in [3.8, 4) is 0 Å². The predicted molar refractivity (Wildman–Crippen MR) is 147 cm³/mol. The van der Waals surface area contributed by atoms with Gasteiger partial charge < -0.3 is 14.9 Å². The summed E-state index contributed by atoms with van der Waals surface area (Å²) >= 11 is 0. The number of aliphatic hydroxyl groups is 2. The third-order valence-corrected chi connectivity index (χ3v) is 13.3. The highest BCUT2D eigenvalue weighted by Crippen LogP contribution is 2.69. The second kappa shape index (κ2) is 11.2. The molecule has 0 spiro atoms. The summed E-state index contributed by atoms with van der Waals surface area (Å²) in [6.45, 7) is 9.68. The van der Waals surface area contributed by atoms with Crippen LogP contribution >= 0.6 is 0 Å². The number of nitrogens with one attached hydrogen (secondary N) is 1. The van der Waals surface area contributed by atoms with Crippen molar-refractivity contribution in [2.75, 3.05) is 20.7 Å². The summed E-state index contributed by atoms with van der Waals surface area (Å²) in [5, 5.41) is 22.3. The van der Waals surface area contributed by atoms with Gasteiger partial charge in [0.2, 0.25) is 0 Å². The van der Waals surface area contributed by atoms with Crippen LogP contribution in [0.2, 0.25) is 0 Å². The van der Waals surface area contributed by atoms with Crippen LogP contribution in [0.25, 0.3) is 0 Å². The van der Waals surface area contributed by atoms with E-state index < -0.39 is 16.3 Å². The highest BCUT2D eigenvalue weighted by atomic mass is 32.2. The second-order valence-corrected chi connectivity index (χ2v) is 15.7. The smallest absolute Gasteiger partial charge is 0.421 e. The molecule has 4 aliphatic rings. The van der Waals surface area contributed by atoms with Crippen LogP contribution in [0.3, 0.4) is 0 Å². The Bertz CT molecular complexity index is 959. The lowest BCUT2D eigenvalue weighted by molar-refractivity contribution is -0.203. The van der Waals surface area contributed by atoms with E-state index in [0.29, 0.717) is 41.9 Å². The molecule has 0 heterocycles. The average molecular weight is 557 g/mol. The lowest BCUT2D eigenvalue weighted by Gasteiger charge is -2.64. The Hall–Kier alpha value is -0.900. The van der Waals surface area contributed by atoms with E-state index in [-0.39, 0.29) is 35.6 Å². The average Bonchev–Trinajstić information content (AvgIpc) is 3.20. The number of nitrogens with zero attached hydrogens (tertiary/aromatic N) is 1. The molecule has 4 saturated carbocycles.